The first-order valence-corrected chi connectivity index (χ1v) is 9.55. The molecule has 5 heteroatoms. The third-order valence-electron chi connectivity index (χ3n) is 4.73. The van der Waals surface area contributed by atoms with E-state index in [0.29, 0.717) is 0 Å². The summed E-state index contributed by atoms with van der Waals surface area (Å²) < 4.78 is 2.18. The molecule has 118 valence electrons. The molecule has 4 rings (SSSR count). The highest BCUT2D eigenvalue weighted by atomic mass is 32.2. The maximum atomic E-state index is 4.87. The molecule has 0 amide bonds. The molecule has 1 atom stereocenters. The van der Waals surface area contributed by atoms with Crippen LogP contribution in [0.2, 0.25) is 0 Å². The first kappa shape index (κ1) is 14.4. The largest absolute Gasteiger partial charge is 0.369 e. The smallest absolute Gasteiger partial charge is 0.139 e. The third kappa shape index (κ3) is 3.10. The zero-order chi connectivity index (χ0) is 14.8. The molecule has 1 N–H and O–H groups in total. The van der Waals surface area contributed by atoms with Crippen molar-refractivity contribution in [2.75, 3.05) is 42.6 Å². The van der Waals surface area contributed by atoms with Gasteiger partial charge in [-0.05, 0) is 42.8 Å². The number of fused-ring (bicyclic) bond motifs is 1. The van der Waals surface area contributed by atoms with Crippen LogP contribution in [0.5, 0.6) is 0 Å². The van der Waals surface area contributed by atoms with E-state index >= 15 is 0 Å². The van der Waals surface area contributed by atoms with Gasteiger partial charge in [0.05, 0.1) is 5.69 Å². The molecule has 4 nitrogen and oxygen atoms in total. The van der Waals surface area contributed by atoms with E-state index in [9.17, 15) is 0 Å². The monoisotopic (exact) mass is 316 g/mol. The zero-order valence-electron chi connectivity index (χ0n) is 13.0. The number of anilines is 1. The van der Waals surface area contributed by atoms with Crippen LogP contribution in [-0.4, -0.2) is 47.1 Å². The van der Waals surface area contributed by atoms with Gasteiger partial charge in [0.2, 0.25) is 0 Å². The Hall–Kier alpha value is -1.20. The first-order valence-electron chi connectivity index (χ1n) is 8.39. The molecule has 0 spiro atoms. The lowest BCUT2D eigenvalue weighted by Gasteiger charge is -2.29. The van der Waals surface area contributed by atoms with Crippen molar-refractivity contribution in [3.8, 4) is 0 Å². The van der Waals surface area contributed by atoms with E-state index in [1.165, 1.54) is 35.7 Å². The van der Waals surface area contributed by atoms with Crippen LogP contribution in [-0.2, 0) is 6.42 Å². The summed E-state index contributed by atoms with van der Waals surface area (Å²) in [6, 6.07) is 4.46. The van der Waals surface area contributed by atoms with Crippen molar-refractivity contribution >= 4 is 23.1 Å². The number of aromatic nitrogens is 2. The van der Waals surface area contributed by atoms with E-state index in [0.717, 1.165) is 44.2 Å². The molecule has 0 saturated carbocycles. The average molecular weight is 316 g/mol. The summed E-state index contributed by atoms with van der Waals surface area (Å²) >= 11 is 2.10. The van der Waals surface area contributed by atoms with Crippen molar-refractivity contribution in [1.82, 2.24) is 14.7 Å². The Bertz CT molecular complexity index is 627. The summed E-state index contributed by atoms with van der Waals surface area (Å²) in [5.74, 6) is 3.46. The molecule has 2 saturated heterocycles. The number of imidazole rings is 1. The fourth-order valence-electron chi connectivity index (χ4n) is 3.51. The number of piperazine rings is 1. The molecule has 0 aliphatic carbocycles. The molecule has 4 heterocycles. The number of rotatable bonds is 3. The Labute approximate surface area is 136 Å². The van der Waals surface area contributed by atoms with Gasteiger partial charge in [-0.3, -0.25) is 0 Å². The molecule has 0 radical (unpaired) electrons. The van der Waals surface area contributed by atoms with E-state index in [2.05, 4.69) is 50.9 Å². The van der Waals surface area contributed by atoms with Crippen molar-refractivity contribution in [2.24, 2.45) is 5.92 Å². The molecule has 2 aromatic heterocycles. The lowest BCUT2D eigenvalue weighted by molar-refractivity contribution is 0.516. The van der Waals surface area contributed by atoms with Crippen molar-refractivity contribution < 1.29 is 0 Å². The Kier molecular flexibility index (Phi) is 4.26. The standard InChI is InChI=1S/C17H24N4S/c1-2-14(13-22-9-1)10-15-12-21-6-3-16(11-17(21)19-15)20-7-4-18-5-8-20/h3,6,11-12,14,18H,1-2,4-5,7-10,13H2. The van der Waals surface area contributed by atoms with Crippen LogP contribution in [0, 0.1) is 5.92 Å². The topological polar surface area (TPSA) is 32.6 Å². The maximum Gasteiger partial charge on any atom is 0.139 e. The van der Waals surface area contributed by atoms with Gasteiger partial charge in [-0.2, -0.15) is 11.8 Å². The highest BCUT2D eigenvalue weighted by Crippen LogP contribution is 2.26. The zero-order valence-corrected chi connectivity index (χ0v) is 13.8. The molecule has 2 aliphatic heterocycles. The minimum absolute atomic E-state index is 0.816. The summed E-state index contributed by atoms with van der Waals surface area (Å²) in [6.45, 7) is 4.32. The van der Waals surface area contributed by atoms with Gasteiger partial charge in [0, 0.05) is 50.3 Å². The van der Waals surface area contributed by atoms with E-state index in [4.69, 9.17) is 4.98 Å². The van der Waals surface area contributed by atoms with Crippen molar-refractivity contribution in [3.63, 3.8) is 0 Å². The Morgan fingerprint density at radius 1 is 1.32 bits per heavy atom. The summed E-state index contributed by atoms with van der Waals surface area (Å²) in [6.07, 6.45) is 8.26. The Morgan fingerprint density at radius 3 is 3.05 bits per heavy atom. The van der Waals surface area contributed by atoms with Crippen LogP contribution in [0.3, 0.4) is 0 Å². The van der Waals surface area contributed by atoms with Gasteiger partial charge in [0.15, 0.2) is 0 Å². The minimum atomic E-state index is 0.816. The van der Waals surface area contributed by atoms with Crippen LogP contribution >= 0.6 is 11.8 Å². The van der Waals surface area contributed by atoms with E-state index < -0.39 is 0 Å². The van der Waals surface area contributed by atoms with Crippen LogP contribution in [0.25, 0.3) is 5.65 Å². The normalized spacial score (nSPS) is 23.1. The quantitative estimate of drug-likeness (QED) is 0.943. The molecule has 2 aliphatic rings. The molecule has 22 heavy (non-hydrogen) atoms. The number of pyridine rings is 1. The number of hydrogen-bond acceptors (Lipinski definition) is 4. The van der Waals surface area contributed by atoms with Crippen molar-refractivity contribution in [1.29, 1.82) is 0 Å². The van der Waals surface area contributed by atoms with Crippen LogP contribution < -0.4 is 10.2 Å². The predicted octanol–water partition coefficient (Wildman–Crippen LogP) is 2.43. The highest BCUT2D eigenvalue weighted by molar-refractivity contribution is 7.99. The van der Waals surface area contributed by atoms with Crippen molar-refractivity contribution in [2.45, 2.75) is 19.3 Å². The van der Waals surface area contributed by atoms with Crippen molar-refractivity contribution in [3.05, 3.63) is 30.2 Å². The summed E-state index contributed by atoms with van der Waals surface area (Å²) in [4.78, 5) is 7.32. The van der Waals surface area contributed by atoms with Gasteiger partial charge in [-0.25, -0.2) is 4.98 Å². The van der Waals surface area contributed by atoms with Crippen LogP contribution in [0.4, 0.5) is 5.69 Å². The summed E-state index contributed by atoms with van der Waals surface area (Å²) in [5.41, 5.74) is 3.65. The lowest BCUT2D eigenvalue weighted by atomic mass is 10.00. The molecular weight excluding hydrogens is 292 g/mol. The first-order chi connectivity index (χ1) is 10.9. The van der Waals surface area contributed by atoms with E-state index in [-0.39, 0.29) is 0 Å². The molecular formula is C17H24N4S. The molecule has 0 aromatic carbocycles. The SMILES string of the molecule is c1cn2cc(CC3CCCSC3)nc2cc1N1CCNCC1. The second kappa shape index (κ2) is 6.50. The van der Waals surface area contributed by atoms with Gasteiger partial charge in [-0.1, -0.05) is 0 Å². The van der Waals surface area contributed by atoms with Gasteiger partial charge in [-0.15, -0.1) is 0 Å². The fraction of sp³-hybridized carbons (Fsp3) is 0.588. The average Bonchev–Trinajstić information content (AvgIpc) is 2.98. The second-order valence-electron chi connectivity index (χ2n) is 6.41. The van der Waals surface area contributed by atoms with E-state index in [1.807, 2.05) is 0 Å². The molecule has 2 fully saturated rings. The minimum Gasteiger partial charge on any atom is -0.369 e. The van der Waals surface area contributed by atoms with Crippen LogP contribution in [0.1, 0.15) is 18.5 Å². The highest BCUT2D eigenvalue weighted by Gasteiger charge is 2.16. The summed E-state index contributed by atoms with van der Waals surface area (Å²) in [5, 5.41) is 3.41. The number of nitrogens with one attached hydrogen (secondary N) is 1. The van der Waals surface area contributed by atoms with Gasteiger partial charge in [0.25, 0.3) is 0 Å². The number of thioether (sulfide) groups is 1. The molecule has 2 aromatic rings. The lowest BCUT2D eigenvalue weighted by Crippen LogP contribution is -2.43. The van der Waals surface area contributed by atoms with Gasteiger partial charge >= 0.3 is 0 Å². The molecule has 1 unspecified atom stereocenters. The van der Waals surface area contributed by atoms with Gasteiger partial charge in [0.1, 0.15) is 5.65 Å². The Balaban J connectivity index is 1.52. The maximum absolute atomic E-state index is 4.87. The van der Waals surface area contributed by atoms with E-state index in [1.54, 1.807) is 0 Å². The predicted molar refractivity (Wildman–Crippen MR) is 94.0 cm³/mol. The fourth-order valence-corrected chi connectivity index (χ4v) is 4.66. The third-order valence-corrected chi connectivity index (χ3v) is 6.01. The van der Waals surface area contributed by atoms with Crippen LogP contribution in [0.15, 0.2) is 24.5 Å². The van der Waals surface area contributed by atoms with Gasteiger partial charge < -0.3 is 14.6 Å². The number of hydrogen-bond donors (Lipinski definition) is 1. The summed E-state index contributed by atoms with van der Waals surface area (Å²) in [7, 11) is 0. The Morgan fingerprint density at radius 2 is 2.23 bits per heavy atom. The second-order valence-corrected chi connectivity index (χ2v) is 7.56. The molecule has 0 bridgehead atoms. The number of nitrogens with zero attached hydrogens (tertiary/aromatic N) is 3.